The zero-order valence-corrected chi connectivity index (χ0v) is 18.5. The van der Waals surface area contributed by atoms with E-state index >= 15 is 0 Å². The number of para-hydroxylation sites is 1. The fourth-order valence-electron chi connectivity index (χ4n) is 3.76. The van der Waals surface area contributed by atoms with E-state index in [0.717, 1.165) is 36.3 Å². The Labute approximate surface area is 183 Å². The minimum atomic E-state index is -3.67. The van der Waals surface area contributed by atoms with Crippen molar-refractivity contribution in [3.8, 4) is 5.75 Å². The van der Waals surface area contributed by atoms with Crippen molar-refractivity contribution < 1.29 is 22.3 Å². The van der Waals surface area contributed by atoms with Gasteiger partial charge < -0.3 is 10.1 Å². The summed E-state index contributed by atoms with van der Waals surface area (Å²) in [6.45, 7) is 3.68. The summed E-state index contributed by atoms with van der Waals surface area (Å²) in [5, 5.41) is 2.98. The number of halogens is 1. The molecule has 8 heteroatoms. The summed E-state index contributed by atoms with van der Waals surface area (Å²) >= 11 is 0. The van der Waals surface area contributed by atoms with Crippen molar-refractivity contribution in [1.29, 1.82) is 0 Å². The molecule has 3 rings (SSSR count). The molecular formula is C23H29FN2O4S. The molecule has 1 aliphatic rings. The van der Waals surface area contributed by atoms with Gasteiger partial charge in [0, 0.05) is 25.6 Å². The molecule has 0 aliphatic carbocycles. The number of carbonyl (C=O) groups excluding carboxylic acids is 1. The number of sulfonamides is 1. The highest BCUT2D eigenvalue weighted by atomic mass is 32.2. The highest BCUT2D eigenvalue weighted by molar-refractivity contribution is 7.89. The molecule has 1 saturated heterocycles. The summed E-state index contributed by atoms with van der Waals surface area (Å²) in [6.07, 6.45) is 2.55. The third-order valence-corrected chi connectivity index (χ3v) is 7.38. The van der Waals surface area contributed by atoms with Gasteiger partial charge in [-0.05, 0) is 68.5 Å². The van der Waals surface area contributed by atoms with Crippen molar-refractivity contribution in [2.75, 3.05) is 26.2 Å². The smallest absolute Gasteiger partial charge is 0.243 e. The average molecular weight is 449 g/mol. The number of ether oxygens (including phenoxy) is 1. The van der Waals surface area contributed by atoms with Crippen molar-refractivity contribution in [3.05, 3.63) is 59.9 Å². The van der Waals surface area contributed by atoms with Gasteiger partial charge in [0.2, 0.25) is 15.9 Å². The van der Waals surface area contributed by atoms with Crippen LogP contribution in [0.3, 0.4) is 0 Å². The van der Waals surface area contributed by atoms with Gasteiger partial charge in [0.05, 0.1) is 11.5 Å². The maximum absolute atomic E-state index is 13.1. The summed E-state index contributed by atoms with van der Waals surface area (Å²) in [5.41, 5.74) is 1.12. The molecule has 0 aromatic heterocycles. The average Bonchev–Trinajstić information content (AvgIpc) is 2.78. The quantitative estimate of drug-likeness (QED) is 0.597. The zero-order valence-electron chi connectivity index (χ0n) is 17.7. The number of carbonyl (C=O) groups is 1. The monoisotopic (exact) mass is 448 g/mol. The minimum absolute atomic E-state index is 0.0306. The van der Waals surface area contributed by atoms with Gasteiger partial charge in [-0.3, -0.25) is 4.79 Å². The van der Waals surface area contributed by atoms with Crippen LogP contribution in [0.25, 0.3) is 0 Å². The molecule has 6 nitrogen and oxygen atoms in total. The number of hydrogen-bond donors (Lipinski definition) is 1. The topological polar surface area (TPSA) is 75.7 Å². The van der Waals surface area contributed by atoms with E-state index in [4.69, 9.17) is 4.74 Å². The molecule has 1 heterocycles. The Kier molecular flexibility index (Phi) is 8.03. The second kappa shape index (κ2) is 10.7. The molecular weight excluding hydrogens is 419 g/mol. The first-order valence-electron chi connectivity index (χ1n) is 10.7. The second-order valence-corrected chi connectivity index (χ2v) is 9.51. The lowest BCUT2D eigenvalue weighted by atomic mass is 9.97. The van der Waals surface area contributed by atoms with E-state index < -0.39 is 15.8 Å². The minimum Gasteiger partial charge on any atom is -0.494 e. The van der Waals surface area contributed by atoms with E-state index in [1.165, 1.54) is 16.4 Å². The molecule has 0 spiro atoms. The Hall–Kier alpha value is -2.45. The molecule has 1 aliphatic heterocycles. The highest BCUT2D eigenvalue weighted by Gasteiger charge is 2.31. The summed E-state index contributed by atoms with van der Waals surface area (Å²) in [5.74, 6) is 0.175. The van der Waals surface area contributed by atoms with Crippen molar-refractivity contribution in [2.24, 2.45) is 5.92 Å². The first kappa shape index (κ1) is 23.2. The van der Waals surface area contributed by atoms with Crippen LogP contribution in [-0.2, 0) is 21.2 Å². The van der Waals surface area contributed by atoms with Crippen LogP contribution in [0.5, 0.6) is 5.75 Å². The van der Waals surface area contributed by atoms with Gasteiger partial charge in [0.1, 0.15) is 11.6 Å². The largest absolute Gasteiger partial charge is 0.494 e. The van der Waals surface area contributed by atoms with Crippen LogP contribution in [-0.4, -0.2) is 44.9 Å². The molecule has 31 heavy (non-hydrogen) atoms. The van der Waals surface area contributed by atoms with Crippen molar-refractivity contribution in [3.63, 3.8) is 0 Å². The van der Waals surface area contributed by atoms with Crippen LogP contribution in [0.4, 0.5) is 4.39 Å². The number of nitrogens with one attached hydrogen (secondary N) is 1. The Balaban J connectivity index is 1.44. The lowest BCUT2D eigenvalue weighted by Gasteiger charge is -2.30. The lowest BCUT2D eigenvalue weighted by Crippen LogP contribution is -2.43. The molecule has 0 radical (unpaired) electrons. The van der Waals surface area contributed by atoms with Crippen LogP contribution in [0.1, 0.15) is 31.7 Å². The molecule has 168 valence electrons. The van der Waals surface area contributed by atoms with Crippen molar-refractivity contribution in [2.45, 2.75) is 37.5 Å². The number of amides is 1. The Morgan fingerprint density at radius 3 is 2.48 bits per heavy atom. The van der Waals surface area contributed by atoms with E-state index in [0.29, 0.717) is 26.0 Å². The second-order valence-electron chi connectivity index (χ2n) is 7.57. The highest BCUT2D eigenvalue weighted by Crippen LogP contribution is 2.24. The molecule has 2 aromatic carbocycles. The Morgan fingerprint density at radius 1 is 1.13 bits per heavy atom. The van der Waals surface area contributed by atoms with Gasteiger partial charge in [-0.15, -0.1) is 0 Å². The maximum Gasteiger partial charge on any atom is 0.243 e. The summed E-state index contributed by atoms with van der Waals surface area (Å²) in [6, 6.07) is 12.7. The molecule has 0 atom stereocenters. The molecule has 0 saturated carbocycles. The number of benzene rings is 2. The lowest BCUT2D eigenvalue weighted by molar-refractivity contribution is -0.126. The van der Waals surface area contributed by atoms with Crippen molar-refractivity contribution in [1.82, 2.24) is 9.62 Å². The summed E-state index contributed by atoms with van der Waals surface area (Å²) < 4.78 is 45.4. The number of aryl methyl sites for hydroxylation is 1. The molecule has 1 fully saturated rings. The number of piperidine rings is 1. The van der Waals surface area contributed by atoms with Gasteiger partial charge in [-0.25, -0.2) is 12.8 Å². The van der Waals surface area contributed by atoms with E-state index in [1.54, 1.807) is 0 Å². The predicted octanol–water partition coefficient (Wildman–Crippen LogP) is 3.37. The van der Waals surface area contributed by atoms with E-state index in [9.17, 15) is 17.6 Å². The van der Waals surface area contributed by atoms with Gasteiger partial charge in [0.15, 0.2) is 0 Å². The normalized spacial score (nSPS) is 15.5. The molecule has 0 unspecified atom stereocenters. The van der Waals surface area contributed by atoms with Gasteiger partial charge >= 0.3 is 0 Å². The molecule has 0 bridgehead atoms. The number of rotatable bonds is 9. The van der Waals surface area contributed by atoms with Gasteiger partial charge in [-0.1, -0.05) is 18.2 Å². The SMILES string of the molecule is CCOc1ccccc1CCCNC(=O)C1CCN(S(=O)(=O)c2ccc(F)cc2)CC1. The van der Waals surface area contributed by atoms with Crippen LogP contribution in [0.2, 0.25) is 0 Å². The number of nitrogens with zero attached hydrogens (tertiary/aromatic N) is 1. The standard InChI is InChI=1S/C23H29FN2O4S/c1-2-30-22-8-4-3-6-18(22)7-5-15-25-23(27)19-13-16-26(17-14-19)31(28,29)21-11-9-20(24)10-12-21/h3-4,6,8-12,19H,2,5,7,13-17H2,1H3,(H,25,27). The maximum atomic E-state index is 13.1. The van der Waals surface area contributed by atoms with E-state index in [1.807, 2.05) is 31.2 Å². The third-order valence-electron chi connectivity index (χ3n) is 5.47. The molecule has 1 amide bonds. The first-order valence-corrected chi connectivity index (χ1v) is 12.1. The number of hydrogen-bond acceptors (Lipinski definition) is 4. The van der Waals surface area contributed by atoms with Crippen molar-refractivity contribution >= 4 is 15.9 Å². The molecule has 2 aromatic rings. The van der Waals surface area contributed by atoms with Gasteiger partial charge in [-0.2, -0.15) is 4.31 Å². The fourth-order valence-corrected chi connectivity index (χ4v) is 5.23. The van der Waals surface area contributed by atoms with Crippen LogP contribution < -0.4 is 10.1 Å². The van der Waals surface area contributed by atoms with E-state index in [2.05, 4.69) is 5.32 Å². The van der Waals surface area contributed by atoms with E-state index in [-0.39, 0.29) is 29.8 Å². The third kappa shape index (κ3) is 6.04. The fraction of sp³-hybridized carbons (Fsp3) is 0.435. The van der Waals surface area contributed by atoms with Gasteiger partial charge in [0.25, 0.3) is 0 Å². The Morgan fingerprint density at radius 2 is 1.81 bits per heavy atom. The first-order chi connectivity index (χ1) is 14.9. The van der Waals surface area contributed by atoms with Crippen LogP contribution in [0.15, 0.2) is 53.4 Å². The molecule has 1 N–H and O–H groups in total. The van der Waals surface area contributed by atoms with Crippen LogP contribution in [0, 0.1) is 11.7 Å². The van der Waals surface area contributed by atoms with Crippen LogP contribution >= 0.6 is 0 Å². The predicted molar refractivity (Wildman–Crippen MR) is 117 cm³/mol. The zero-order chi connectivity index (χ0) is 22.3. The Bertz CT molecular complexity index is 971. The summed E-state index contributed by atoms with van der Waals surface area (Å²) in [7, 11) is -3.67. The summed E-state index contributed by atoms with van der Waals surface area (Å²) in [4.78, 5) is 12.6.